The molecule has 0 saturated carbocycles. The van der Waals surface area contributed by atoms with E-state index in [2.05, 4.69) is 0 Å². The number of hydrogen-bond acceptors (Lipinski definition) is 5. The predicted molar refractivity (Wildman–Crippen MR) is 108 cm³/mol. The van der Waals surface area contributed by atoms with E-state index in [-0.39, 0.29) is 28.4 Å². The Bertz CT molecular complexity index is 1210. The van der Waals surface area contributed by atoms with Crippen LogP contribution in [0.5, 0.6) is 5.75 Å². The molecule has 2 aromatic carbocycles. The molecule has 4 rings (SSSR count). The third-order valence-electron chi connectivity index (χ3n) is 5.25. The predicted octanol–water partition coefficient (Wildman–Crippen LogP) is 2.51. The summed E-state index contributed by atoms with van der Waals surface area (Å²) in [6.07, 6.45) is 1.81. The van der Waals surface area contributed by atoms with Crippen molar-refractivity contribution in [1.29, 1.82) is 0 Å². The van der Waals surface area contributed by atoms with Gasteiger partial charge in [-0.05, 0) is 36.8 Å². The number of rotatable bonds is 4. The third kappa shape index (κ3) is 3.17. The van der Waals surface area contributed by atoms with E-state index in [1.165, 1.54) is 35.9 Å². The van der Waals surface area contributed by atoms with Crippen molar-refractivity contribution in [2.45, 2.75) is 12.5 Å². The standard InChI is InChI=1S/C21H19F2N3O4/c1-30-20-17-14(8-16(23)18(20)25-7-6-12(24)9-25)19(27)15(21(28)29)10-26(17)13-4-2-11(22)3-5-13/h2-5,8,10,12H,6-7,9,24H2,1H3,(H,28,29). The van der Waals surface area contributed by atoms with Crippen molar-refractivity contribution >= 4 is 22.6 Å². The molecule has 0 spiro atoms. The van der Waals surface area contributed by atoms with E-state index in [1.807, 2.05) is 0 Å². The van der Waals surface area contributed by atoms with Crippen molar-refractivity contribution in [2.24, 2.45) is 5.73 Å². The zero-order chi connectivity index (χ0) is 21.6. The van der Waals surface area contributed by atoms with Crippen molar-refractivity contribution in [3.05, 3.63) is 63.9 Å². The summed E-state index contributed by atoms with van der Waals surface area (Å²) >= 11 is 0. The van der Waals surface area contributed by atoms with E-state index in [1.54, 1.807) is 4.90 Å². The fraction of sp³-hybridized carbons (Fsp3) is 0.238. The van der Waals surface area contributed by atoms with Crippen LogP contribution >= 0.6 is 0 Å². The molecule has 9 heteroatoms. The van der Waals surface area contributed by atoms with Gasteiger partial charge in [0.1, 0.15) is 22.6 Å². The normalized spacial score (nSPS) is 16.3. The molecule has 1 aromatic heterocycles. The first-order valence-electron chi connectivity index (χ1n) is 9.27. The number of halogens is 2. The summed E-state index contributed by atoms with van der Waals surface area (Å²) in [5, 5.41) is 9.32. The number of anilines is 1. The van der Waals surface area contributed by atoms with Crippen LogP contribution in [0.1, 0.15) is 16.8 Å². The summed E-state index contributed by atoms with van der Waals surface area (Å²) in [6.45, 7) is 0.917. The Hall–Kier alpha value is -3.46. The molecule has 3 N–H and O–H groups in total. The average molecular weight is 415 g/mol. The second kappa shape index (κ2) is 7.42. The first-order valence-corrected chi connectivity index (χ1v) is 9.27. The minimum absolute atomic E-state index is 0.0810. The summed E-state index contributed by atoms with van der Waals surface area (Å²) in [4.78, 5) is 26.2. The molecule has 1 aliphatic heterocycles. The number of carboxylic acid groups (broad SMARTS) is 1. The Morgan fingerprint density at radius 2 is 1.97 bits per heavy atom. The maximum atomic E-state index is 15.1. The Morgan fingerprint density at radius 3 is 2.53 bits per heavy atom. The van der Waals surface area contributed by atoms with Crippen LogP contribution in [-0.2, 0) is 0 Å². The number of pyridine rings is 1. The van der Waals surface area contributed by atoms with Gasteiger partial charge >= 0.3 is 5.97 Å². The Balaban J connectivity index is 2.12. The highest BCUT2D eigenvalue weighted by Crippen LogP contribution is 2.40. The van der Waals surface area contributed by atoms with Crippen molar-refractivity contribution < 1.29 is 23.4 Å². The first-order chi connectivity index (χ1) is 14.3. The number of aromatic carboxylic acids is 1. The maximum absolute atomic E-state index is 15.1. The van der Waals surface area contributed by atoms with Gasteiger partial charge < -0.3 is 25.0 Å². The molecule has 1 aliphatic rings. The molecule has 0 bridgehead atoms. The number of ether oxygens (including phenoxy) is 1. The van der Waals surface area contributed by atoms with E-state index in [9.17, 15) is 19.1 Å². The van der Waals surface area contributed by atoms with Gasteiger partial charge in [-0.1, -0.05) is 0 Å². The van der Waals surface area contributed by atoms with Gasteiger partial charge in [-0.25, -0.2) is 13.6 Å². The van der Waals surface area contributed by atoms with Crippen LogP contribution in [0.15, 0.2) is 41.3 Å². The molecule has 3 aromatic rings. The van der Waals surface area contributed by atoms with E-state index in [0.29, 0.717) is 25.2 Å². The summed E-state index contributed by atoms with van der Waals surface area (Å²) < 4.78 is 35.5. The Labute approximate surface area is 169 Å². The number of hydrogen-bond donors (Lipinski definition) is 2. The molecule has 30 heavy (non-hydrogen) atoms. The summed E-state index contributed by atoms with van der Waals surface area (Å²) in [5.74, 6) is -2.56. The molecular formula is C21H19F2N3O4. The highest BCUT2D eigenvalue weighted by Gasteiger charge is 2.29. The number of benzene rings is 2. The molecule has 0 radical (unpaired) electrons. The Kier molecular flexibility index (Phi) is 4.90. The zero-order valence-corrected chi connectivity index (χ0v) is 16.1. The third-order valence-corrected chi connectivity index (χ3v) is 5.25. The number of aromatic nitrogens is 1. The number of methoxy groups -OCH3 is 1. The molecule has 2 heterocycles. The van der Waals surface area contributed by atoms with Crippen LogP contribution in [0.3, 0.4) is 0 Å². The number of carboxylic acids is 1. The molecule has 1 atom stereocenters. The van der Waals surface area contributed by atoms with Crippen LogP contribution in [0.2, 0.25) is 0 Å². The smallest absolute Gasteiger partial charge is 0.341 e. The number of nitrogens with two attached hydrogens (primary N) is 1. The molecular weight excluding hydrogens is 396 g/mol. The highest BCUT2D eigenvalue weighted by molar-refractivity contribution is 5.97. The van der Waals surface area contributed by atoms with Gasteiger partial charge in [-0.2, -0.15) is 0 Å². The molecule has 156 valence electrons. The lowest BCUT2D eigenvalue weighted by Crippen LogP contribution is -2.28. The van der Waals surface area contributed by atoms with Crippen LogP contribution < -0.4 is 20.8 Å². The van der Waals surface area contributed by atoms with Gasteiger partial charge in [0.15, 0.2) is 11.6 Å². The zero-order valence-electron chi connectivity index (χ0n) is 16.1. The van der Waals surface area contributed by atoms with Crippen molar-refractivity contribution in [3.63, 3.8) is 0 Å². The monoisotopic (exact) mass is 415 g/mol. The second-order valence-electron chi connectivity index (χ2n) is 7.15. The van der Waals surface area contributed by atoms with Gasteiger partial charge in [0, 0.05) is 31.0 Å². The van der Waals surface area contributed by atoms with E-state index >= 15 is 4.39 Å². The number of fused-ring (bicyclic) bond motifs is 1. The quantitative estimate of drug-likeness (QED) is 0.680. The van der Waals surface area contributed by atoms with Gasteiger partial charge in [0.05, 0.1) is 12.5 Å². The second-order valence-corrected chi connectivity index (χ2v) is 7.15. The van der Waals surface area contributed by atoms with Gasteiger partial charge in [-0.15, -0.1) is 0 Å². The SMILES string of the molecule is COc1c(N2CCC(N)C2)c(F)cc2c(=O)c(C(=O)O)cn(-c3ccc(F)cc3)c12. The molecule has 0 aliphatic carbocycles. The van der Waals surface area contributed by atoms with Gasteiger partial charge in [0.2, 0.25) is 5.43 Å². The summed E-state index contributed by atoms with van der Waals surface area (Å²) in [5.41, 5.74) is 5.32. The van der Waals surface area contributed by atoms with Crippen molar-refractivity contribution in [1.82, 2.24) is 4.57 Å². The highest BCUT2D eigenvalue weighted by atomic mass is 19.1. The lowest BCUT2D eigenvalue weighted by Gasteiger charge is -2.24. The largest absolute Gasteiger partial charge is 0.492 e. The Morgan fingerprint density at radius 1 is 1.27 bits per heavy atom. The van der Waals surface area contributed by atoms with Crippen molar-refractivity contribution in [3.8, 4) is 11.4 Å². The lowest BCUT2D eigenvalue weighted by atomic mass is 10.1. The van der Waals surface area contributed by atoms with Gasteiger partial charge in [-0.3, -0.25) is 4.79 Å². The van der Waals surface area contributed by atoms with Crippen LogP contribution in [0, 0.1) is 11.6 Å². The maximum Gasteiger partial charge on any atom is 0.341 e. The van der Waals surface area contributed by atoms with Crippen LogP contribution in [0.4, 0.5) is 14.5 Å². The lowest BCUT2D eigenvalue weighted by molar-refractivity contribution is 0.0695. The van der Waals surface area contributed by atoms with Crippen LogP contribution in [-0.4, -0.2) is 41.9 Å². The topological polar surface area (TPSA) is 97.8 Å². The minimum atomic E-state index is -1.45. The average Bonchev–Trinajstić information content (AvgIpc) is 3.14. The summed E-state index contributed by atoms with van der Waals surface area (Å²) in [6, 6.07) is 6.16. The fourth-order valence-corrected chi connectivity index (χ4v) is 3.85. The summed E-state index contributed by atoms with van der Waals surface area (Å²) in [7, 11) is 1.35. The van der Waals surface area contributed by atoms with Crippen molar-refractivity contribution in [2.75, 3.05) is 25.1 Å². The minimum Gasteiger partial charge on any atom is -0.492 e. The van der Waals surface area contributed by atoms with E-state index in [0.717, 1.165) is 12.3 Å². The molecule has 1 fully saturated rings. The number of nitrogens with zero attached hydrogens (tertiary/aromatic N) is 2. The molecule has 1 unspecified atom stereocenters. The van der Waals surface area contributed by atoms with Crippen LogP contribution in [0.25, 0.3) is 16.6 Å². The number of carbonyl (C=O) groups is 1. The molecule has 7 nitrogen and oxygen atoms in total. The van der Waals surface area contributed by atoms with E-state index < -0.39 is 28.6 Å². The molecule has 0 amide bonds. The van der Waals surface area contributed by atoms with Gasteiger partial charge in [0.25, 0.3) is 0 Å². The fourth-order valence-electron chi connectivity index (χ4n) is 3.85. The first kappa shape index (κ1) is 19.8. The molecule has 1 saturated heterocycles. The van der Waals surface area contributed by atoms with E-state index in [4.69, 9.17) is 10.5 Å².